The molecule has 0 bridgehead atoms. The van der Waals surface area contributed by atoms with Gasteiger partial charge in [-0.25, -0.2) is 9.98 Å². The molecule has 11 heteroatoms. The molecule has 0 spiro atoms. The molecule has 0 amide bonds. The van der Waals surface area contributed by atoms with E-state index in [9.17, 15) is 4.53 Å². The summed E-state index contributed by atoms with van der Waals surface area (Å²) in [5.74, 6) is 1.48. The van der Waals surface area contributed by atoms with Gasteiger partial charge in [0.05, 0.1) is 11.9 Å². The fourth-order valence-electron chi connectivity index (χ4n) is 3.94. The van der Waals surface area contributed by atoms with Crippen molar-refractivity contribution in [3.8, 4) is 5.75 Å². The quantitative estimate of drug-likeness (QED) is 0.194. The van der Waals surface area contributed by atoms with Crippen LogP contribution in [0, 0.1) is 6.92 Å². The maximum absolute atomic E-state index is 12.1. The summed E-state index contributed by atoms with van der Waals surface area (Å²) in [6.45, 7) is 5.27. The molecule has 1 aliphatic rings. The second kappa shape index (κ2) is 15.3. The number of anilines is 1. The predicted octanol–water partition coefficient (Wildman–Crippen LogP) is 6.52. The number of aliphatic imine (C=N–C) groups is 2. The van der Waals surface area contributed by atoms with Gasteiger partial charge >= 0.3 is 0 Å². The average molecular weight is 557 g/mol. The SMILES string of the molecule is CCc1cccc(C)c1N1CCCS/C1=N\N=C\c1ccc(C(N)=NC=Nc2ccc(OF)cc2)cc1.F.F. The van der Waals surface area contributed by atoms with Crippen molar-refractivity contribution in [2.75, 3.05) is 17.2 Å². The van der Waals surface area contributed by atoms with Gasteiger partial charge in [-0.05, 0) is 60.7 Å². The van der Waals surface area contributed by atoms with E-state index in [-0.39, 0.29) is 15.2 Å². The Hall–Kier alpha value is -4.12. The van der Waals surface area contributed by atoms with Crippen LogP contribution in [0.5, 0.6) is 5.75 Å². The van der Waals surface area contributed by atoms with E-state index in [1.807, 2.05) is 24.3 Å². The Kier molecular flexibility index (Phi) is 12.2. The normalized spacial score (nSPS) is 14.9. The highest BCUT2D eigenvalue weighted by atomic mass is 32.2. The van der Waals surface area contributed by atoms with Gasteiger partial charge in [0.1, 0.15) is 12.2 Å². The van der Waals surface area contributed by atoms with Crippen LogP contribution in [-0.4, -0.2) is 35.9 Å². The van der Waals surface area contributed by atoms with E-state index in [1.54, 1.807) is 30.1 Å². The number of nitrogens with two attached hydrogens (primary N) is 1. The summed E-state index contributed by atoms with van der Waals surface area (Å²) < 4.78 is 12.1. The van der Waals surface area contributed by atoms with Crippen LogP contribution in [0.3, 0.4) is 0 Å². The number of aryl methyl sites for hydroxylation is 2. The molecule has 7 nitrogen and oxygen atoms in total. The van der Waals surface area contributed by atoms with Crippen LogP contribution in [0.2, 0.25) is 0 Å². The lowest BCUT2D eigenvalue weighted by Gasteiger charge is -2.31. The van der Waals surface area contributed by atoms with Crippen molar-refractivity contribution in [1.82, 2.24) is 0 Å². The third-order valence-electron chi connectivity index (χ3n) is 5.85. The molecule has 1 fully saturated rings. The molecule has 2 N–H and O–H groups in total. The lowest BCUT2D eigenvalue weighted by atomic mass is 10.0. The highest BCUT2D eigenvalue weighted by molar-refractivity contribution is 8.14. The predicted molar refractivity (Wildman–Crippen MR) is 159 cm³/mol. The molecule has 1 heterocycles. The molecule has 0 radical (unpaired) electrons. The van der Waals surface area contributed by atoms with E-state index in [1.165, 1.54) is 35.3 Å². The Morgan fingerprint density at radius 2 is 1.82 bits per heavy atom. The summed E-state index contributed by atoms with van der Waals surface area (Å²) in [4.78, 5) is 14.3. The van der Waals surface area contributed by atoms with E-state index in [4.69, 9.17) is 5.73 Å². The number of halogens is 3. The summed E-state index contributed by atoms with van der Waals surface area (Å²) in [7, 11) is 0. The number of benzene rings is 3. The molecule has 1 aliphatic heterocycles. The first-order valence-electron chi connectivity index (χ1n) is 12.0. The Bertz CT molecular complexity index is 1330. The van der Waals surface area contributed by atoms with Gasteiger partial charge in [0, 0.05) is 28.1 Å². The van der Waals surface area contributed by atoms with Gasteiger partial charge in [-0.15, -0.1) is 5.10 Å². The molecule has 0 aromatic heterocycles. The zero-order valence-electron chi connectivity index (χ0n) is 21.7. The van der Waals surface area contributed by atoms with Crippen LogP contribution in [-0.2, 0) is 6.42 Å². The van der Waals surface area contributed by atoms with E-state index < -0.39 is 0 Å². The summed E-state index contributed by atoms with van der Waals surface area (Å²) in [6.07, 6.45) is 5.18. The van der Waals surface area contributed by atoms with Crippen molar-refractivity contribution in [3.05, 3.63) is 89.0 Å². The summed E-state index contributed by atoms with van der Waals surface area (Å²) in [6, 6.07) is 20.2. The number of amidine groups is 2. The van der Waals surface area contributed by atoms with Crippen LogP contribution in [0.4, 0.5) is 25.3 Å². The molecule has 206 valence electrons. The van der Waals surface area contributed by atoms with Crippen LogP contribution in [0.1, 0.15) is 35.6 Å². The van der Waals surface area contributed by atoms with E-state index in [2.05, 4.69) is 62.1 Å². The molecular formula is C28H31F3N6OS. The van der Waals surface area contributed by atoms with Gasteiger partial charge in [0.15, 0.2) is 10.9 Å². The summed E-state index contributed by atoms with van der Waals surface area (Å²) in [5.41, 5.74) is 12.2. The lowest BCUT2D eigenvalue weighted by molar-refractivity contribution is -0.00618. The van der Waals surface area contributed by atoms with Crippen LogP contribution in [0.25, 0.3) is 0 Å². The molecule has 4 rings (SSSR count). The zero-order valence-corrected chi connectivity index (χ0v) is 22.5. The largest absolute Gasteiger partial charge is 0.383 e. The number of para-hydroxylation sites is 1. The van der Waals surface area contributed by atoms with Crippen molar-refractivity contribution in [2.24, 2.45) is 25.9 Å². The van der Waals surface area contributed by atoms with E-state index >= 15 is 0 Å². The van der Waals surface area contributed by atoms with E-state index in [0.29, 0.717) is 11.5 Å². The van der Waals surface area contributed by atoms with Crippen molar-refractivity contribution < 1.29 is 18.9 Å². The molecular weight excluding hydrogens is 525 g/mol. The van der Waals surface area contributed by atoms with Gasteiger partial charge in [-0.1, -0.05) is 61.2 Å². The lowest BCUT2D eigenvalue weighted by Crippen LogP contribution is -2.35. The molecule has 39 heavy (non-hydrogen) atoms. The molecule has 1 saturated heterocycles. The van der Waals surface area contributed by atoms with Crippen LogP contribution in [0.15, 0.2) is 86.9 Å². The molecule has 3 aromatic carbocycles. The van der Waals surface area contributed by atoms with Crippen molar-refractivity contribution in [1.29, 1.82) is 0 Å². The third-order valence-corrected chi connectivity index (χ3v) is 6.90. The number of rotatable bonds is 8. The summed E-state index contributed by atoms with van der Waals surface area (Å²) in [5, 5.41) is 9.87. The monoisotopic (exact) mass is 556 g/mol. The maximum Gasteiger partial charge on any atom is 0.190 e. The van der Waals surface area contributed by atoms with Crippen molar-refractivity contribution in [3.63, 3.8) is 0 Å². The second-order valence-electron chi connectivity index (χ2n) is 8.37. The molecule has 0 aliphatic carbocycles. The first kappa shape index (κ1) is 31.1. The minimum Gasteiger partial charge on any atom is -0.383 e. The zero-order chi connectivity index (χ0) is 26.0. The first-order chi connectivity index (χ1) is 18.1. The Labute approximate surface area is 230 Å². The first-order valence-corrected chi connectivity index (χ1v) is 13.0. The van der Waals surface area contributed by atoms with Gasteiger partial charge in [-0.2, -0.15) is 5.10 Å². The average Bonchev–Trinajstić information content (AvgIpc) is 2.94. The van der Waals surface area contributed by atoms with E-state index in [0.717, 1.165) is 41.4 Å². The maximum atomic E-state index is 12.1. The number of nitrogens with zero attached hydrogens (tertiary/aromatic N) is 5. The molecule has 3 aromatic rings. The van der Waals surface area contributed by atoms with Crippen LogP contribution < -0.4 is 15.6 Å². The van der Waals surface area contributed by atoms with Gasteiger partial charge in [-0.3, -0.25) is 14.4 Å². The highest BCUT2D eigenvalue weighted by Crippen LogP contribution is 2.31. The minimum absolute atomic E-state index is 0. The van der Waals surface area contributed by atoms with Gasteiger partial charge in [0.2, 0.25) is 0 Å². The molecule has 0 atom stereocenters. The van der Waals surface area contributed by atoms with Crippen molar-refractivity contribution >= 4 is 46.7 Å². The topological polar surface area (TPSA) is 87.9 Å². The Balaban J connectivity index is 0.00000267. The number of thioether (sulfide) groups is 1. The number of hydrogen-bond donors (Lipinski definition) is 1. The minimum atomic E-state index is 0. The smallest absolute Gasteiger partial charge is 0.190 e. The number of hydrogen-bond acceptors (Lipinski definition) is 5. The fourth-order valence-corrected chi connectivity index (χ4v) is 4.84. The van der Waals surface area contributed by atoms with Crippen molar-refractivity contribution in [2.45, 2.75) is 26.7 Å². The second-order valence-corrected chi connectivity index (χ2v) is 9.43. The standard InChI is InChI=1S/C28H29FN6OS.2FH/c1-3-22-7-4-6-20(2)26(22)35-16-5-17-37-28(35)34-33-18-21-8-10-23(11-9-21)27(30)32-19-31-24-12-14-25(36-29)15-13-24;;/h4,6-15,18-19H,3,5,16-17H2,1-2H3,(H2,30,31,32);2*1H/b33-18+,34-28-;;. The van der Waals surface area contributed by atoms with Gasteiger partial charge in [0.25, 0.3) is 0 Å². The Morgan fingerprint density at radius 1 is 1.08 bits per heavy atom. The highest BCUT2D eigenvalue weighted by Gasteiger charge is 2.22. The summed E-state index contributed by atoms with van der Waals surface area (Å²) >= 11 is 1.74. The Morgan fingerprint density at radius 3 is 2.51 bits per heavy atom. The molecule has 0 saturated carbocycles. The van der Waals surface area contributed by atoms with Gasteiger partial charge < -0.3 is 10.6 Å². The van der Waals surface area contributed by atoms with Crippen LogP contribution >= 0.6 is 11.8 Å². The fraction of sp³-hybridized carbons (Fsp3) is 0.214. The molecule has 0 unspecified atom stereocenters. The third kappa shape index (κ3) is 8.18.